The monoisotopic (exact) mass is 279 g/mol. The normalized spacial score (nSPS) is 21.9. The van der Waals surface area contributed by atoms with Crippen LogP contribution in [0.3, 0.4) is 0 Å². The SMILES string of the molecule is COc1ccc2c(c1)C(N)C(Sc1nncs1)C2. The number of methoxy groups -OCH3 is 1. The third kappa shape index (κ3) is 2.11. The number of fused-ring (bicyclic) bond motifs is 1. The molecule has 1 aromatic heterocycles. The van der Waals surface area contributed by atoms with Gasteiger partial charge in [-0.2, -0.15) is 0 Å². The largest absolute Gasteiger partial charge is 0.497 e. The zero-order chi connectivity index (χ0) is 12.5. The van der Waals surface area contributed by atoms with Crippen molar-refractivity contribution in [3.63, 3.8) is 0 Å². The second-order valence-corrected chi connectivity index (χ2v) is 6.48. The van der Waals surface area contributed by atoms with Gasteiger partial charge in [0.25, 0.3) is 0 Å². The van der Waals surface area contributed by atoms with Crippen LogP contribution in [0.25, 0.3) is 0 Å². The van der Waals surface area contributed by atoms with Crippen LogP contribution in [-0.4, -0.2) is 22.6 Å². The third-order valence-corrected chi connectivity index (χ3v) is 5.23. The fourth-order valence-electron chi connectivity index (χ4n) is 2.20. The van der Waals surface area contributed by atoms with Crippen LogP contribution in [0.5, 0.6) is 5.75 Å². The summed E-state index contributed by atoms with van der Waals surface area (Å²) >= 11 is 3.27. The molecule has 94 valence electrons. The molecule has 0 amide bonds. The molecule has 1 aliphatic rings. The molecule has 0 radical (unpaired) electrons. The fourth-order valence-corrected chi connectivity index (χ4v) is 4.11. The summed E-state index contributed by atoms with van der Waals surface area (Å²) in [6.45, 7) is 0. The Bertz CT molecular complexity index is 544. The van der Waals surface area contributed by atoms with Crippen molar-refractivity contribution in [3.05, 3.63) is 34.8 Å². The molecule has 2 aromatic rings. The average molecular weight is 279 g/mol. The van der Waals surface area contributed by atoms with Gasteiger partial charge >= 0.3 is 0 Å². The molecule has 1 heterocycles. The van der Waals surface area contributed by atoms with Gasteiger partial charge in [0, 0.05) is 11.3 Å². The second-order valence-electron chi connectivity index (χ2n) is 4.16. The predicted octanol–water partition coefficient (Wildman–Crippen LogP) is 2.26. The van der Waals surface area contributed by atoms with Crippen molar-refractivity contribution in [2.75, 3.05) is 7.11 Å². The number of hydrogen-bond acceptors (Lipinski definition) is 6. The maximum Gasteiger partial charge on any atom is 0.174 e. The number of thioether (sulfide) groups is 1. The molecule has 6 heteroatoms. The smallest absolute Gasteiger partial charge is 0.174 e. The molecule has 1 aliphatic carbocycles. The predicted molar refractivity (Wildman–Crippen MR) is 73.2 cm³/mol. The molecule has 4 nitrogen and oxygen atoms in total. The lowest BCUT2D eigenvalue weighted by Gasteiger charge is -2.13. The van der Waals surface area contributed by atoms with Crippen molar-refractivity contribution in [1.82, 2.24) is 10.2 Å². The van der Waals surface area contributed by atoms with E-state index in [1.807, 2.05) is 12.1 Å². The van der Waals surface area contributed by atoms with Crippen molar-refractivity contribution in [2.24, 2.45) is 5.73 Å². The van der Waals surface area contributed by atoms with Crippen LogP contribution in [0.1, 0.15) is 17.2 Å². The summed E-state index contributed by atoms with van der Waals surface area (Å²) in [6.07, 6.45) is 0.977. The van der Waals surface area contributed by atoms with E-state index in [-0.39, 0.29) is 6.04 Å². The number of rotatable bonds is 3. The first-order valence-electron chi connectivity index (χ1n) is 5.63. The number of benzene rings is 1. The molecular formula is C12H13N3OS2. The van der Waals surface area contributed by atoms with Gasteiger partial charge in [-0.15, -0.1) is 10.2 Å². The Morgan fingerprint density at radius 1 is 1.50 bits per heavy atom. The maximum atomic E-state index is 6.31. The molecule has 0 spiro atoms. The highest BCUT2D eigenvalue weighted by Gasteiger charge is 2.31. The van der Waals surface area contributed by atoms with Crippen LogP contribution in [0.4, 0.5) is 0 Å². The number of hydrogen-bond donors (Lipinski definition) is 1. The van der Waals surface area contributed by atoms with Gasteiger partial charge in [-0.25, -0.2) is 0 Å². The highest BCUT2D eigenvalue weighted by atomic mass is 32.2. The first-order chi connectivity index (χ1) is 8.78. The van der Waals surface area contributed by atoms with E-state index < -0.39 is 0 Å². The van der Waals surface area contributed by atoms with Gasteiger partial charge < -0.3 is 10.5 Å². The molecule has 1 aromatic carbocycles. The van der Waals surface area contributed by atoms with Gasteiger partial charge in [-0.3, -0.25) is 0 Å². The van der Waals surface area contributed by atoms with Gasteiger partial charge in [-0.05, 0) is 29.7 Å². The molecular weight excluding hydrogens is 266 g/mol. The summed E-state index contributed by atoms with van der Waals surface area (Å²) in [6, 6.07) is 6.17. The minimum absolute atomic E-state index is 0.0315. The molecule has 2 N–H and O–H groups in total. The van der Waals surface area contributed by atoms with E-state index in [1.54, 1.807) is 35.7 Å². The first-order valence-corrected chi connectivity index (χ1v) is 7.39. The molecule has 0 fully saturated rings. The molecule has 0 bridgehead atoms. The average Bonchev–Trinajstić information content (AvgIpc) is 2.99. The van der Waals surface area contributed by atoms with Crippen LogP contribution < -0.4 is 10.5 Å². The van der Waals surface area contributed by atoms with E-state index in [4.69, 9.17) is 10.5 Å². The van der Waals surface area contributed by atoms with Crippen molar-refractivity contribution in [2.45, 2.75) is 22.1 Å². The maximum absolute atomic E-state index is 6.31. The lowest BCUT2D eigenvalue weighted by atomic mass is 10.1. The Morgan fingerprint density at radius 2 is 2.39 bits per heavy atom. The van der Waals surface area contributed by atoms with E-state index in [0.717, 1.165) is 16.5 Å². The standard InChI is InChI=1S/C12H13N3OS2/c1-16-8-3-2-7-4-10(11(13)9(7)5-8)18-12-15-14-6-17-12/h2-3,5-6,10-11H,4,13H2,1H3. The van der Waals surface area contributed by atoms with E-state index in [9.17, 15) is 0 Å². The summed E-state index contributed by atoms with van der Waals surface area (Å²) < 4.78 is 6.23. The number of ether oxygens (including phenoxy) is 1. The Balaban J connectivity index is 1.82. The lowest BCUT2D eigenvalue weighted by molar-refractivity contribution is 0.414. The first kappa shape index (κ1) is 12.0. The Labute approximate surface area is 114 Å². The highest BCUT2D eigenvalue weighted by Crippen LogP contribution is 2.41. The van der Waals surface area contributed by atoms with Gasteiger partial charge in [0.05, 0.1) is 7.11 Å². The topological polar surface area (TPSA) is 61.0 Å². The van der Waals surface area contributed by atoms with E-state index in [2.05, 4.69) is 16.3 Å². The number of nitrogens with two attached hydrogens (primary N) is 1. The zero-order valence-electron chi connectivity index (χ0n) is 9.87. The summed E-state index contributed by atoms with van der Waals surface area (Å²) in [5.74, 6) is 0.866. The van der Waals surface area contributed by atoms with Crippen LogP contribution in [-0.2, 0) is 6.42 Å². The summed E-state index contributed by atoms with van der Waals surface area (Å²) in [7, 11) is 1.68. The molecule has 18 heavy (non-hydrogen) atoms. The molecule has 0 saturated heterocycles. The third-order valence-electron chi connectivity index (χ3n) is 3.13. The minimum Gasteiger partial charge on any atom is -0.497 e. The van der Waals surface area contributed by atoms with Crippen LogP contribution >= 0.6 is 23.1 Å². The highest BCUT2D eigenvalue weighted by molar-refractivity contribution is 8.01. The van der Waals surface area contributed by atoms with E-state index >= 15 is 0 Å². The molecule has 3 rings (SSSR count). The summed E-state index contributed by atoms with van der Waals surface area (Å²) in [4.78, 5) is 0. The Morgan fingerprint density at radius 3 is 3.11 bits per heavy atom. The second kappa shape index (κ2) is 4.87. The summed E-state index contributed by atoms with van der Waals surface area (Å²) in [5.41, 5.74) is 10.6. The number of nitrogens with zero attached hydrogens (tertiary/aromatic N) is 2. The van der Waals surface area contributed by atoms with Gasteiger partial charge in [0.1, 0.15) is 11.3 Å². The van der Waals surface area contributed by atoms with E-state index in [1.165, 1.54) is 11.1 Å². The summed E-state index contributed by atoms with van der Waals surface area (Å²) in [5, 5.41) is 8.25. The lowest BCUT2D eigenvalue weighted by Crippen LogP contribution is -2.18. The van der Waals surface area contributed by atoms with Crippen molar-refractivity contribution < 1.29 is 4.74 Å². The van der Waals surface area contributed by atoms with Gasteiger partial charge in [-0.1, -0.05) is 29.2 Å². The van der Waals surface area contributed by atoms with Crippen LogP contribution in [0.2, 0.25) is 0 Å². The van der Waals surface area contributed by atoms with Crippen LogP contribution in [0.15, 0.2) is 28.0 Å². The van der Waals surface area contributed by atoms with Crippen molar-refractivity contribution >= 4 is 23.1 Å². The zero-order valence-corrected chi connectivity index (χ0v) is 11.5. The molecule has 0 aliphatic heterocycles. The Kier molecular flexibility index (Phi) is 3.23. The molecule has 0 saturated carbocycles. The van der Waals surface area contributed by atoms with Gasteiger partial charge in [0.2, 0.25) is 0 Å². The van der Waals surface area contributed by atoms with Gasteiger partial charge in [0.15, 0.2) is 4.34 Å². The van der Waals surface area contributed by atoms with Crippen molar-refractivity contribution in [1.29, 1.82) is 0 Å². The fraction of sp³-hybridized carbons (Fsp3) is 0.333. The minimum atomic E-state index is 0.0315. The molecule has 2 atom stereocenters. The number of aromatic nitrogens is 2. The van der Waals surface area contributed by atoms with E-state index in [0.29, 0.717) is 5.25 Å². The quantitative estimate of drug-likeness (QED) is 0.934. The molecule has 2 unspecified atom stereocenters. The van der Waals surface area contributed by atoms with Crippen molar-refractivity contribution in [3.8, 4) is 5.75 Å². The van der Waals surface area contributed by atoms with Crippen LogP contribution in [0, 0.1) is 0 Å². The Hall–Kier alpha value is -1.11.